The Labute approximate surface area is 133 Å². The van der Waals surface area contributed by atoms with Gasteiger partial charge in [0.05, 0.1) is 0 Å². The molecule has 0 bridgehead atoms. The Morgan fingerprint density at radius 1 is 1.14 bits per heavy atom. The van der Waals surface area contributed by atoms with Crippen LogP contribution in [-0.4, -0.2) is 5.91 Å². The molecule has 2 nitrogen and oxygen atoms in total. The molecule has 2 aromatic rings. The average Bonchev–Trinajstić information content (AvgIpc) is 2.91. The van der Waals surface area contributed by atoms with Crippen molar-refractivity contribution in [1.29, 1.82) is 0 Å². The fourth-order valence-corrected chi connectivity index (χ4v) is 3.25. The standard InChI is InChI=1S/C18H18BrNO/c1-2-12-3-7-17(8-4-12)20-18(21)15-9-13-5-6-16(19)11-14(13)10-15/h3-8,11,15H,2,9-10H2,1H3,(H,20,21). The van der Waals surface area contributed by atoms with Crippen molar-refractivity contribution in [3.8, 4) is 0 Å². The highest BCUT2D eigenvalue weighted by molar-refractivity contribution is 9.10. The SMILES string of the molecule is CCc1ccc(NC(=O)C2Cc3ccc(Br)cc3C2)cc1. The summed E-state index contributed by atoms with van der Waals surface area (Å²) in [6.45, 7) is 2.13. The second kappa shape index (κ2) is 6.02. The van der Waals surface area contributed by atoms with E-state index in [-0.39, 0.29) is 11.8 Å². The summed E-state index contributed by atoms with van der Waals surface area (Å²) in [6.07, 6.45) is 2.68. The van der Waals surface area contributed by atoms with E-state index < -0.39 is 0 Å². The van der Waals surface area contributed by atoms with Gasteiger partial charge in [-0.25, -0.2) is 0 Å². The molecule has 0 saturated heterocycles. The van der Waals surface area contributed by atoms with Crippen LogP contribution in [0.3, 0.4) is 0 Å². The van der Waals surface area contributed by atoms with E-state index in [0.717, 1.165) is 29.4 Å². The van der Waals surface area contributed by atoms with Gasteiger partial charge in [-0.1, -0.05) is 41.1 Å². The maximum Gasteiger partial charge on any atom is 0.228 e. The highest BCUT2D eigenvalue weighted by atomic mass is 79.9. The zero-order valence-corrected chi connectivity index (χ0v) is 13.6. The molecule has 0 radical (unpaired) electrons. The first kappa shape index (κ1) is 14.3. The number of anilines is 1. The summed E-state index contributed by atoms with van der Waals surface area (Å²) in [5, 5.41) is 3.03. The van der Waals surface area contributed by atoms with E-state index in [1.165, 1.54) is 16.7 Å². The second-order valence-electron chi connectivity index (χ2n) is 5.56. The lowest BCUT2D eigenvalue weighted by Crippen LogP contribution is -2.23. The van der Waals surface area contributed by atoms with Crippen LogP contribution in [0.25, 0.3) is 0 Å². The van der Waals surface area contributed by atoms with Gasteiger partial charge in [0.1, 0.15) is 0 Å². The molecule has 0 saturated carbocycles. The Hall–Kier alpha value is -1.61. The summed E-state index contributed by atoms with van der Waals surface area (Å²) in [7, 11) is 0. The number of fused-ring (bicyclic) bond motifs is 1. The van der Waals surface area contributed by atoms with Gasteiger partial charge >= 0.3 is 0 Å². The fourth-order valence-electron chi connectivity index (χ4n) is 2.84. The van der Waals surface area contributed by atoms with E-state index in [0.29, 0.717) is 0 Å². The molecule has 2 aromatic carbocycles. The van der Waals surface area contributed by atoms with Gasteiger partial charge in [0.2, 0.25) is 5.91 Å². The Kier molecular flexibility index (Phi) is 4.11. The number of aryl methyl sites for hydroxylation is 1. The molecule has 1 amide bonds. The second-order valence-corrected chi connectivity index (χ2v) is 6.47. The number of amides is 1. The molecule has 0 aliphatic heterocycles. The lowest BCUT2D eigenvalue weighted by molar-refractivity contribution is -0.119. The number of benzene rings is 2. The van der Waals surface area contributed by atoms with Gasteiger partial charge in [-0.2, -0.15) is 0 Å². The first-order valence-electron chi connectivity index (χ1n) is 7.33. The molecule has 0 fully saturated rings. The summed E-state index contributed by atoms with van der Waals surface area (Å²) in [6, 6.07) is 14.4. The van der Waals surface area contributed by atoms with Gasteiger partial charge in [-0.15, -0.1) is 0 Å². The third-order valence-corrected chi connectivity index (χ3v) is 4.59. The number of carbonyl (C=O) groups excluding carboxylic acids is 1. The van der Waals surface area contributed by atoms with Gasteiger partial charge in [-0.3, -0.25) is 4.79 Å². The molecule has 3 rings (SSSR count). The number of hydrogen-bond acceptors (Lipinski definition) is 1. The minimum atomic E-state index is 0.0418. The molecule has 1 atom stereocenters. The molecular formula is C18H18BrNO. The van der Waals surface area contributed by atoms with Crippen molar-refractivity contribution in [2.45, 2.75) is 26.2 Å². The summed E-state index contributed by atoms with van der Waals surface area (Å²) >= 11 is 3.49. The van der Waals surface area contributed by atoms with E-state index in [1.54, 1.807) is 0 Å². The molecular weight excluding hydrogens is 326 g/mol. The molecule has 108 valence electrons. The summed E-state index contributed by atoms with van der Waals surface area (Å²) < 4.78 is 1.08. The maximum absolute atomic E-state index is 12.4. The summed E-state index contributed by atoms with van der Waals surface area (Å²) in [5.41, 5.74) is 4.74. The molecule has 3 heteroatoms. The van der Waals surface area contributed by atoms with Crippen molar-refractivity contribution in [2.75, 3.05) is 5.32 Å². The molecule has 1 aliphatic carbocycles. The van der Waals surface area contributed by atoms with Gasteiger partial charge in [0, 0.05) is 16.1 Å². The number of rotatable bonds is 3. The highest BCUT2D eigenvalue weighted by Crippen LogP contribution is 2.30. The van der Waals surface area contributed by atoms with Gasteiger partial charge in [-0.05, 0) is 60.2 Å². The van der Waals surface area contributed by atoms with Crippen LogP contribution in [0.15, 0.2) is 46.9 Å². The van der Waals surface area contributed by atoms with E-state index in [2.05, 4.69) is 52.4 Å². The maximum atomic E-state index is 12.4. The third-order valence-electron chi connectivity index (χ3n) is 4.10. The van der Waals surface area contributed by atoms with Crippen LogP contribution < -0.4 is 5.32 Å². The zero-order valence-electron chi connectivity index (χ0n) is 12.0. The number of halogens is 1. The van der Waals surface area contributed by atoms with Crippen LogP contribution in [0.4, 0.5) is 5.69 Å². The van der Waals surface area contributed by atoms with Crippen LogP contribution in [0, 0.1) is 5.92 Å². The number of carbonyl (C=O) groups is 1. The van der Waals surface area contributed by atoms with Crippen molar-refractivity contribution in [2.24, 2.45) is 5.92 Å². The summed E-state index contributed by atoms with van der Waals surface area (Å²) in [5.74, 6) is 0.159. The monoisotopic (exact) mass is 343 g/mol. The Bertz CT molecular complexity index is 663. The quantitative estimate of drug-likeness (QED) is 0.880. The highest BCUT2D eigenvalue weighted by Gasteiger charge is 2.27. The van der Waals surface area contributed by atoms with Crippen molar-refractivity contribution in [3.05, 3.63) is 63.6 Å². The fraction of sp³-hybridized carbons (Fsp3) is 0.278. The van der Waals surface area contributed by atoms with Gasteiger partial charge < -0.3 is 5.32 Å². The molecule has 0 aromatic heterocycles. The Morgan fingerprint density at radius 2 is 1.86 bits per heavy atom. The minimum absolute atomic E-state index is 0.0418. The molecule has 1 unspecified atom stereocenters. The van der Waals surface area contributed by atoms with Crippen LogP contribution in [0.2, 0.25) is 0 Å². The predicted molar refractivity (Wildman–Crippen MR) is 89.5 cm³/mol. The topological polar surface area (TPSA) is 29.1 Å². The molecule has 0 spiro atoms. The molecule has 1 N–H and O–H groups in total. The van der Waals surface area contributed by atoms with Crippen molar-refractivity contribution in [3.63, 3.8) is 0 Å². The van der Waals surface area contributed by atoms with E-state index in [1.807, 2.05) is 18.2 Å². The molecule has 21 heavy (non-hydrogen) atoms. The largest absolute Gasteiger partial charge is 0.326 e. The number of hydrogen-bond donors (Lipinski definition) is 1. The normalized spacial score (nSPS) is 16.6. The van der Waals surface area contributed by atoms with E-state index in [4.69, 9.17) is 0 Å². The van der Waals surface area contributed by atoms with Crippen molar-refractivity contribution < 1.29 is 4.79 Å². The van der Waals surface area contributed by atoms with Gasteiger partial charge in [0.15, 0.2) is 0 Å². The predicted octanol–water partition coefficient (Wildman–Crippen LogP) is 4.37. The van der Waals surface area contributed by atoms with Crippen molar-refractivity contribution in [1.82, 2.24) is 0 Å². The van der Waals surface area contributed by atoms with Gasteiger partial charge in [0.25, 0.3) is 0 Å². The molecule has 0 heterocycles. The lowest BCUT2D eigenvalue weighted by Gasteiger charge is -2.10. The first-order valence-corrected chi connectivity index (χ1v) is 8.12. The van der Waals surface area contributed by atoms with E-state index >= 15 is 0 Å². The van der Waals surface area contributed by atoms with Crippen LogP contribution in [0.5, 0.6) is 0 Å². The van der Waals surface area contributed by atoms with Crippen LogP contribution in [0.1, 0.15) is 23.6 Å². The van der Waals surface area contributed by atoms with E-state index in [9.17, 15) is 4.79 Å². The Morgan fingerprint density at radius 3 is 2.57 bits per heavy atom. The minimum Gasteiger partial charge on any atom is -0.326 e. The smallest absolute Gasteiger partial charge is 0.228 e. The number of nitrogens with one attached hydrogen (secondary N) is 1. The lowest BCUT2D eigenvalue weighted by atomic mass is 10.1. The third kappa shape index (κ3) is 3.18. The van der Waals surface area contributed by atoms with Crippen LogP contribution >= 0.6 is 15.9 Å². The molecule has 1 aliphatic rings. The summed E-state index contributed by atoms with van der Waals surface area (Å²) in [4.78, 5) is 12.4. The van der Waals surface area contributed by atoms with Crippen LogP contribution in [-0.2, 0) is 24.1 Å². The zero-order chi connectivity index (χ0) is 14.8. The van der Waals surface area contributed by atoms with Crippen molar-refractivity contribution >= 4 is 27.5 Å². The average molecular weight is 344 g/mol. The first-order chi connectivity index (χ1) is 10.2. The Balaban J connectivity index is 1.67.